The molecule has 0 aromatic carbocycles. The van der Waals surface area contributed by atoms with Gasteiger partial charge in [0.15, 0.2) is 0 Å². The number of aromatic nitrogens is 2. The van der Waals surface area contributed by atoms with Crippen LogP contribution in [0.2, 0.25) is 0 Å². The fourth-order valence-corrected chi connectivity index (χ4v) is 2.39. The van der Waals surface area contributed by atoms with Crippen molar-refractivity contribution >= 4 is 18.3 Å². The van der Waals surface area contributed by atoms with Gasteiger partial charge in [-0.1, -0.05) is 20.3 Å². The van der Waals surface area contributed by atoms with Gasteiger partial charge in [0.1, 0.15) is 0 Å². The standard InChI is InChI=1S/C13H22N4O.ClH/c1-3-8(2)11(14)13(18)16-10-6-4-5-9-7-15-17-12(9)10;/h7-8,10-11H,3-6,14H2,1-2H3,(H,15,17)(H,16,18);1H. The number of nitrogens with two attached hydrogens (primary N) is 1. The van der Waals surface area contributed by atoms with Gasteiger partial charge < -0.3 is 11.1 Å². The Bertz CT molecular complexity index is 421. The first-order valence-corrected chi connectivity index (χ1v) is 6.71. The second-order valence-electron chi connectivity index (χ2n) is 5.17. The first kappa shape index (κ1) is 16.0. The first-order valence-electron chi connectivity index (χ1n) is 6.71. The van der Waals surface area contributed by atoms with Crippen molar-refractivity contribution in [3.05, 3.63) is 17.5 Å². The van der Waals surface area contributed by atoms with Gasteiger partial charge in [-0.2, -0.15) is 5.10 Å². The molecule has 0 radical (unpaired) electrons. The number of nitrogens with one attached hydrogen (secondary N) is 2. The minimum atomic E-state index is -0.428. The largest absolute Gasteiger partial charge is 0.346 e. The van der Waals surface area contributed by atoms with Crippen LogP contribution in [0.3, 0.4) is 0 Å². The highest BCUT2D eigenvalue weighted by Gasteiger charge is 2.27. The average Bonchev–Trinajstić information content (AvgIpc) is 2.86. The van der Waals surface area contributed by atoms with E-state index in [0.717, 1.165) is 31.4 Å². The molecule has 0 aliphatic heterocycles. The van der Waals surface area contributed by atoms with E-state index < -0.39 is 6.04 Å². The van der Waals surface area contributed by atoms with Gasteiger partial charge >= 0.3 is 0 Å². The molecule has 3 atom stereocenters. The lowest BCUT2D eigenvalue weighted by molar-refractivity contribution is -0.124. The second kappa shape index (κ2) is 6.91. The Hall–Kier alpha value is -1.07. The lowest BCUT2D eigenvalue weighted by Gasteiger charge is -2.26. The molecular weight excluding hydrogens is 264 g/mol. The SMILES string of the molecule is CCC(C)C(N)C(=O)NC1CCCc2cn[nH]c21.Cl. The molecule has 0 spiro atoms. The van der Waals surface area contributed by atoms with Crippen molar-refractivity contribution in [2.24, 2.45) is 11.7 Å². The molecule has 4 N–H and O–H groups in total. The van der Waals surface area contributed by atoms with Crippen molar-refractivity contribution in [1.82, 2.24) is 15.5 Å². The summed E-state index contributed by atoms with van der Waals surface area (Å²) < 4.78 is 0. The van der Waals surface area contributed by atoms with Crippen molar-refractivity contribution in [2.45, 2.75) is 51.6 Å². The van der Waals surface area contributed by atoms with E-state index in [1.54, 1.807) is 0 Å². The van der Waals surface area contributed by atoms with Crippen LogP contribution >= 0.6 is 12.4 Å². The lowest BCUT2D eigenvalue weighted by atomic mass is 9.92. The second-order valence-corrected chi connectivity index (χ2v) is 5.17. The summed E-state index contributed by atoms with van der Waals surface area (Å²) >= 11 is 0. The van der Waals surface area contributed by atoms with Gasteiger partial charge in [-0.3, -0.25) is 9.89 Å². The molecule has 0 saturated carbocycles. The monoisotopic (exact) mass is 286 g/mol. The highest BCUT2D eigenvalue weighted by Crippen LogP contribution is 2.27. The first-order chi connectivity index (χ1) is 8.63. The highest BCUT2D eigenvalue weighted by molar-refractivity contribution is 5.85. The highest BCUT2D eigenvalue weighted by atomic mass is 35.5. The van der Waals surface area contributed by atoms with Gasteiger partial charge in [0, 0.05) is 0 Å². The number of carbonyl (C=O) groups excluding carboxylic acids is 1. The molecule has 0 bridgehead atoms. The van der Waals surface area contributed by atoms with Crippen LogP contribution < -0.4 is 11.1 Å². The average molecular weight is 287 g/mol. The van der Waals surface area contributed by atoms with E-state index in [2.05, 4.69) is 15.5 Å². The third-order valence-corrected chi connectivity index (χ3v) is 3.91. The predicted molar refractivity (Wildman–Crippen MR) is 77.1 cm³/mol. The van der Waals surface area contributed by atoms with E-state index in [1.165, 1.54) is 5.56 Å². The van der Waals surface area contributed by atoms with Crippen LogP contribution in [0.25, 0.3) is 0 Å². The summed E-state index contributed by atoms with van der Waals surface area (Å²) in [6.07, 6.45) is 5.83. The summed E-state index contributed by atoms with van der Waals surface area (Å²) in [7, 11) is 0. The summed E-state index contributed by atoms with van der Waals surface area (Å²) in [6, 6.07) is -0.387. The molecule has 0 saturated heterocycles. The maximum Gasteiger partial charge on any atom is 0.237 e. The normalized spacial score (nSPS) is 20.9. The summed E-state index contributed by atoms with van der Waals surface area (Å²) in [6.45, 7) is 4.05. The van der Waals surface area contributed by atoms with Crippen molar-refractivity contribution in [1.29, 1.82) is 0 Å². The van der Waals surface area contributed by atoms with Crippen molar-refractivity contribution in [2.75, 3.05) is 0 Å². The summed E-state index contributed by atoms with van der Waals surface area (Å²) in [5.74, 6) is 0.145. The van der Waals surface area contributed by atoms with E-state index in [9.17, 15) is 4.79 Å². The van der Waals surface area contributed by atoms with Crippen LogP contribution in [0.5, 0.6) is 0 Å². The molecule has 1 aromatic heterocycles. The maximum absolute atomic E-state index is 12.1. The molecule has 2 rings (SSSR count). The lowest BCUT2D eigenvalue weighted by Crippen LogP contribution is -2.46. The zero-order valence-corrected chi connectivity index (χ0v) is 12.3. The molecule has 1 aliphatic carbocycles. The molecular formula is C13H23ClN4O. The molecule has 1 amide bonds. The molecule has 5 nitrogen and oxygen atoms in total. The number of hydrogen-bond acceptors (Lipinski definition) is 3. The van der Waals surface area contributed by atoms with Crippen LogP contribution in [0.1, 0.15) is 50.4 Å². The molecule has 0 fully saturated rings. The predicted octanol–water partition coefficient (Wildman–Crippen LogP) is 1.70. The Morgan fingerprint density at radius 2 is 2.42 bits per heavy atom. The molecule has 108 valence electrons. The van der Waals surface area contributed by atoms with Crippen LogP contribution in [-0.4, -0.2) is 22.1 Å². The summed E-state index contributed by atoms with van der Waals surface area (Å²) in [5.41, 5.74) is 8.20. The van der Waals surface area contributed by atoms with Crippen LogP contribution in [-0.2, 0) is 11.2 Å². The molecule has 6 heteroatoms. The number of rotatable bonds is 4. The zero-order valence-electron chi connectivity index (χ0n) is 11.5. The quantitative estimate of drug-likeness (QED) is 0.788. The Kier molecular flexibility index (Phi) is 5.82. The van der Waals surface area contributed by atoms with E-state index in [-0.39, 0.29) is 30.3 Å². The number of fused-ring (bicyclic) bond motifs is 1. The van der Waals surface area contributed by atoms with E-state index in [4.69, 9.17) is 5.73 Å². The van der Waals surface area contributed by atoms with E-state index in [0.29, 0.717) is 0 Å². The smallest absolute Gasteiger partial charge is 0.237 e. The number of amides is 1. The Morgan fingerprint density at radius 3 is 3.11 bits per heavy atom. The number of halogens is 1. The number of aromatic amines is 1. The fourth-order valence-electron chi connectivity index (χ4n) is 2.39. The molecule has 1 heterocycles. The van der Waals surface area contributed by atoms with Crippen molar-refractivity contribution in [3.63, 3.8) is 0 Å². The molecule has 19 heavy (non-hydrogen) atoms. The Labute approximate surface area is 120 Å². The maximum atomic E-state index is 12.1. The molecule has 3 unspecified atom stereocenters. The Balaban J connectivity index is 0.00000180. The topological polar surface area (TPSA) is 83.8 Å². The number of aryl methyl sites for hydroxylation is 1. The van der Waals surface area contributed by atoms with Gasteiger partial charge in [0.2, 0.25) is 5.91 Å². The zero-order chi connectivity index (χ0) is 13.1. The molecule has 1 aromatic rings. The van der Waals surface area contributed by atoms with E-state index in [1.807, 2.05) is 20.0 Å². The van der Waals surface area contributed by atoms with Crippen LogP contribution in [0, 0.1) is 5.92 Å². The fraction of sp³-hybridized carbons (Fsp3) is 0.692. The number of carbonyl (C=O) groups is 1. The van der Waals surface area contributed by atoms with Crippen molar-refractivity contribution < 1.29 is 4.79 Å². The van der Waals surface area contributed by atoms with Crippen molar-refractivity contribution in [3.8, 4) is 0 Å². The minimum absolute atomic E-state index is 0. The van der Waals surface area contributed by atoms with Gasteiger partial charge in [-0.25, -0.2) is 0 Å². The van der Waals surface area contributed by atoms with Gasteiger partial charge in [0.25, 0.3) is 0 Å². The third kappa shape index (κ3) is 3.48. The number of nitrogens with zero attached hydrogens (tertiary/aromatic N) is 1. The van der Waals surface area contributed by atoms with Gasteiger partial charge in [0.05, 0.1) is 24.0 Å². The van der Waals surface area contributed by atoms with Gasteiger partial charge in [-0.05, 0) is 30.7 Å². The number of H-pyrrole nitrogens is 1. The summed E-state index contributed by atoms with van der Waals surface area (Å²) in [4.78, 5) is 12.1. The molecule has 1 aliphatic rings. The van der Waals surface area contributed by atoms with Crippen LogP contribution in [0.15, 0.2) is 6.20 Å². The minimum Gasteiger partial charge on any atom is -0.346 e. The summed E-state index contributed by atoms with van der Waals surface area (Å²) in [5, 5.41) is 10.1. The van der Waals surface area contributed by atoms with Crippen LogP contribution in [0.4, 0.5) is 0 Å². The number of hydrogen-bond donors (Lipinski definition) is 3. The van der Waals surface area contributed by atoms with E-state index >= 15 is 0 Å². The third-order valence-electron chi connectivity index (χ3n) is 3.91. The van der Waals surface area contributed by atoms with Gasteiger partial charge in [-0.15, -0.1) is 12.4 Å². The Morgan fingerprint density at radius 1 is 1.68 bits per heavy atom.